The minimum absolute atomic E-state index is 0.232. The molecule has 0 radical (unpaired) electrons. The third-order valence-electron chi connectivity index (χ3n) is 2.72. The van der Waals surface area contributed by atoms with Crippen LogP contribution in [0.4, 0.5) is 0 Å². The third kappa shape index (κ3) is 3.77. The van der Waals surface area contributed by atoms with Crippen molar-refractivity contribution >= 4 is 0 Å². The van der Waals surface area contributed by atoms with Crippen LogP contribution in [-0.2, 0) is 0 Å². The first kappa shape index (κ1) is 10.5. The quantitative estimate of drug-likeness (QED) is 0.662. The van der Waals surface area contributed by atoms with Gasteiger partial charge in [-0.1, -0.05) is 30.6 Å². The van der Waals surface area contributed by atoms with Gasteiger partial charge in [0.15, 0.2) is 0 Å². The zero-order valence-electron chi connectivity index (χ0n) is 8.47. The molecule has 1 atom stereocenters. The highest BCUT2D eigenvalue weighted by molar-refractivity contribution is 5.12. The van der Waals surface area contributed by atoms with E-state index < -0.39 is 0 Å². The Bertz CT molecular complexity index is 182. The largest absolute Gasteiger partial charge is 0.324 e. The second kappa shape index (κ2) is 5.98. The molecule has 74 valence electrons. The first-order chi connectivity index (χ1) is 6.34. The Kier molecular flexibility index (Phi) is 4.84. The Morgan fingerprint density at radius 3 is 2.92 bits per heavy atom. The van der Waals surface area contributed by atoms with Gasteiger partial charge < -0.3 is 5.73 Å². The van der Waals surface area contributed by atoms with E-state index in [1.165, 1.54) is 44.1 Å². The fourth-order valence-corrected chi connectivity index (χ4v) is 1.88. The lowest BCUT2D eigenvalue weighted by Gasteiger charge is -2.16. The summed E-state index contributed by atoms with van der Waals surface area (Å²) in [6.45, 7) is 3.73. The summed E-state index contributed by atoms with van der Waals surface area (Å²) in [5.74, 6) is 0. The molecular formula is C12H21N. The SMILES string of the molecule is C=CCC(N)/C1=C/CCCCCC1. The molecule has 13 heavy (non-hydrogen) atoms. The van der Waals surface area contributed by atoms with Gasteiger partial charge in [-0.15, -0.1) is 6.58 Å². The first-order valence-corrected chi connectivity index (χ1v) is 5.40. The third-order valence-corrected chi connectivity index (χ3v) is 2.72. The van der Waals surface area contributed by atoms with Crippen LogP contribution in [0.1, 0.15) is 44.9 Å². The minimum atomic E-state index is 0.232. The summed E-state index contributed by atoms with van der Waals surface area (Å²) in [6.07, 6.45) is 13.0. The van der Waals surface area contributed by atoms with Crippen LogP contribution in [0.25, 0.3) is 0 Å². The topological polar surface area (TPSA) is 26.0 Å². The van der Waals surface area contributed by atoms with Crippen LogP contribution >= 0.6 is 0 Å². The summed E-state index contributed by atoms with van der Waals surface area (Å²) in [6, 6.07) is 0.232. The fraction of sp³-hybridized carbons (Fsp3) is 0.667. The predicted molar refractivity (Wildman–Crippen MR) is 58.6 cm³/mol. The van der Waals surface area contributed by atoms with Gasteiger partial charge in [0.2, 0.25) is 0 Å². The highest BCUT2D eigenvalue weighted by Gasteiger charge is 2.08. The predicted octanol–water partition coefficient (Wildman–Crippen LogP) is 3.17. The lowest BCUT2D eigenvalue weighted by Crippen LogP contribution is -2.22. The summed E-state index contributed by atoms with van der Waals surface area (Å²) in [5, 5.41) is 0. The van der Waals surface area contributed by atoms with Crippen molar-refractivity contribution in [1.29, 1.82) is 0 Å². The molecule has 1 heteroatoms. The van der Waals surface area contributed by atoms with Crippen LogP contribution in [0.15, 0.2) is 24.3 Å². The van der Waals surface area contributed by atoms with Crippen LogP contribution in [0.5, 0.6) is 0 Å². The van der Waals surface area contributed by atoms with Crippen molar-refractivity contribution in [2.45, 2.75) is 51.0 Å². The number of hydrogen-bond donors (Lipinski definition) is 1. The average Bonchev–Trinajstić information content (AvgIpc) is 2.03. The second-order valence-corrected chi connectivity index (χ2v) is 3.86. The van der Waals surface area contributed by atoms with Gasteiger partial charge in [0.05, 0.1) is 0 Å². The Morgan fingerprint density at radius 1 is 1.38 bits per heavy atom. The number of allylic oxidation sites excluding steroid dienone is 1. The van der Waals surface area contributed by atoms with E-state index in [1.54, 1.807) is 0 Å². The molecule has 0 bridgehead atoms. The molecule has 1 rings (SSSR count). The summed E-state index contributed by atoms with van der Waals surface area (Å²) in [5.41, 5.74) is 7.50. The van der Waals surface area contributed by atoms with Crippen molar-refractivity contribution in [3.8, 4) is 0 Å². The van der Waals surface area contributed by atoms with E-state index in [0.29, 0.717) is 0 Å². The number of hydrogen-bond acceptors (Lipinski definition) is 1. The average molecular weight is 179 g/mol. The van der Waals surface area contributed by atoms with E-state index >= 15 is 0 Å². The van der Waals surface area contributed by atoms with Crippen LogP contribution in [0.3, 0.4) is 0 Å². The molecule has 0 aromatic rings. The van der Waals surface area contributed by atoms with Crippen LogP contribution in [0, 0.1) is 0 Å². The molecule has 0 aromatic heterocycles. The maximum Gasteiger partial charge on any atom is 0.0288 e. The molecule has 0 aromatic carbocycles. The van der Waals surface area contributed by atoms with Crippen molar-refractivity contribution in [2.75, 3.05) is 0 Å². The monoisotopic (exact) mass is 179 g/mol. The molecule has 2 N–H and O–H groups in total. The zero-order chi connectivity index (χ0) is 9.52. The molecule has 0 aliphatic heterocycles. The Morgan fingerprint density at radius 2 is 2.15 bits per heavy atom. The molecule has 0 heterocycles. The first-order valence-electron chi connectivity index (χ1n) is 5.40. The summed E-state index contributed by atoms with van der Waals surface area (Å²) >= 11 is 0. The van der Waals surface area contributed by atoms with E-state index in [9.17, 15) is 0 Å². The molecule has 1 aliphatic rings. The Labute approximate surface area is 81.7 Å². The Hall–Kier alpha value is -0.560. The van der Waals surface area contributed by atoms with E-state index in [2.05, 4.69) is 12.7 Å². The molecular weight excluding hydrogens is 158 g/mol. The second-order valence-electron chi connectivity index (χ2n) is 3.86. The van der Waals surface area contributed by atoms with Gasteiger partial charge in [-0.25, -0.2) is 0 Å². The maximum atomic E-state index is 6.04. The van der Waals surface area contributed by atoms with Gasteiger partial charge in [0.25, 0.3) is 0 Å². The normalized spacial score (nSPS) is 25.2. The van der Waals surface area contributed by atoms with Gasteiger partial charge in [-0.2, -0.15) is 0 Å². The number of nitrogens with two attached hydrogens (primary N) is 1. The Balaban J connectivity index is 2.47. The van der Waals surface area contributed by atoms with Gasteiger partial charge >= 0.3 is 0 Å². The van der Waals surface area contributed by atoms with Crippen molar-refractivity contribution in [3.63, 3.8) is 0 Å². The molecule has 0 saturated carbocycles. The highest BCUT2D eigenvalue weighted by atomic mass is 14.6. The van der Waals surface area contributed by atoms with E-state index in [0.717, 1.165) is 6.42 Å². The van der Waals surface area contributed by atoms with Crippen LogP contribution < -0.4 is 5.73 Å². The van der Waals surface area contributed by atoms with E-state index in [-0.39, 0.29) is 6.04 Å². The maximum absolute atomic E-state index is 6.04. The number of rotatable bonds is 3. The molecule has 1 nitrogen and oxygen atoms in total. The lowest BCUT2D eigenvalue weighted by atomic mass is 9.94. The van der Waals surface area contributed by atoms with Crippen molar-refractivity contribution in [1.82, 2.24) is 0 Å². The molecule has 1 aliphatic carbocycles. The van der Waals surface area contributed by atoms with Gasteiger partial charge in [-0.05, 0) is 32.1 Å². The van der Waals surface area contributed by atoms with Gasteiger partial charge in [0, 0.05) is 6.04 Å². The van der Waals surface area contributed by atoms with Gasteiger partial charge in [0.1, 0.15) is 0 Å². The van der Waals surface area contributed by atoms with E-state index in [4.69, 9.17) is 5.73 Å². The lowest BCUT2D eigenvalue weighted by molar-refractivity contribution is 0.597. The molecule has 0 saturated heterocycles. The smallest absolute Gasteiger partial charge is 0.0288 e. The standard InChI is InChI=1S/C12H21N/c1-2-8-12(13)11-9-6-4-3-5-7-10-11/h2,9,12H,1,3-8,10,13H2/b11-9+. The molecule has 0 amide bonds. The molecule has 0 fully saturated rings. The highest BCUT2D eigenvalue weighted by Crippen LogP contribution is 2.19. The summed E-state index contributed by atoms with van der Waals surface area (Å²) in [4.78, 5) is 0. The molecule has 0 spiro atoms. The summed E-state index contributed by atoms with van der Waals surface area (Å²) in [7, 11) is 0. The van der Waals surface area contributed by atoms with E-state index in [1.807, 2.05) is 6.08 Å². The van der Waals surface area contributed by atoms with Crippen molar-refractivity contribution in [3.05, 3.63) is 24.3 Å². The van der Waals surface area contributed by atoms with Crippen molar-refractivity contribution in [2.24, 2.45) is 5.73 Å². The van der Waals surface area contributed by atoms with Crippen molar-refractivity contribution < 1.29 is 0 Å². The summed E-state index contributed by atoms with van der Waals surface area (Å²) < 4.78 is 0. The molecule has 1 unspecified atom stereocenters. The zero-order valence-corrected chi connectivity index (χ0v) is 8.47. The minimum Gasteiger partial charge on any atom is -0.324 e. The van der Waals surface area contributed by atoms with Crippen LogP contribution in [-0.4, -0.2) is 6.04 Å². The van der Waals surface area contributed by atoms with Crippen LogP contribution in [0.2, 0.25) is 0 Å². The fourth-order valence-electron chi connectivity index (χ4n) is 1.88. The van der Waals surface area contributed by atoms with Gasteiger partial charge in [-0.3, -0.25) is 0 Å².